The van der Waals surface area contributed by atoms with Gasteiger partial charge in [0.25, 0.3) is 0 Å². The highest BCUT2D eigenvalue weighted by Gasteiger charge is 2.25. The molecule has 2 heterocycles. The largest absolute Gasteiger partial charge is 0.477 e. The molecule has 1 aliphatic heterocycles. The molecule has 0 spiro atoms. The van der Waals surface area contributed by atoms with Gasteiger partial charge in [0, 0.05) is 12.0 Å². The minimum atomic E-state index is -1.00. The van der Waals surface area contributed by atoms with Crippen LogP contribution < -0.4 is 0 Å². The molecule has 0 atom stereocenters. The van der Waals surface area contributed by atoms with Crippen molar-refractivity contribution in [3.63, 3.8) is 0 Å². The van der Waals surface area contributed by atoms with Crippen LogP contribution in [0.25, 0.3) is 0 Å². The van der Waals surface area contributed by atoms with E-state index in [1.807, 2.05) is 0 Å². The normalized spacial score (nSPS) is 14.2. The maximum absolute atomic E-state index is 10.6. The highest BCUT2D eigenvalue weighted by molar-refractivity contribution is 7.20. The van der Waals surface area contributed by atoms with Gasteiger partial charge in [-0.05, 0) is 0 Å². The number of carboxylic acids is 1. The zero-order chi connectivity index (χ0) is 9.59. The van der Waals surface area contributed by atoms with Crippen molar-refractivity contribution in [1.82, 2.24) is 0 Å². The van der Waals surface area contributed by atoms with Gasteiger partial charge in [-0.25, -0.2) is 9.79 Å². The molecule has 3 nitrogen and oxygen atoms in total. The van der Waals surface area contributed by atoms with Gasteiger partial charge in [0.2, 0.25) is 0 Å². The fourth-order valence-electron chi connectivity index (χ4n) is 1.10. The molecule has 0 unspecified atom stereocenters. The lowest BCUT2D eigenvalue weighted by Gasteiger charge is -1.91. The smallest absolute Gasteiger partial charge is 0.350 e. The Morgan fingerprint density at radius 3 is 2.77 bits per heavy atom. The van der Waals surface area contributed by atoms with Gasteiger partial charge in [0.15, 0.2) is 0 Å². The van der Waals surface area contributed by atoms with Crippen LogP contribution in [0.4, 0.5) is 5.00 Å². The number of hydrogen-bond donors (Lipinski definition) is 1. The van der Waals surface area contributed by atoms with Crippen molar-refractivity contribution in [2.75, 3.05) is 0 Å². The molecule has 1 aliphatic rings. The van der Waals surface area contributed by atoms with E-state index in [1.54, 1.807) is 0 Å². The molecule has 2 rings (SSSR count). The Balaban J connectivity index is 2.46. The minimum Gasteiger partial charge on any atom is -0.477 e. The maximum atomic E-state index is 10.6. The zero-order valence-corrected chi connectivity index (χ0v) is 8.50. The van der Waals surface area contributed by atoms with Crippen molar-refractivity contribution in [2.24, 2.45) is 4.99 Å². The van der Waals surface area contributed by atoms with E-state index in [0.717, 1.165) is 5.56 Å². The van der Waals surface area contributed by atoms with Crippen molar-refractivity contribution in [1.29, 1.82) is 0 Å². The SMILES string of the molecule is O=C(O)C1=Nc2sc(Cl)c(Cl)c2C1. The molecular formula is C7H3Cl2NO2S. The molecule has 0 bridgehead atoms. The predicted octanol–water partition coefficient (Wildman–Crippen LogP) is 2.77. The van der Waals surface area contributed by atoms with Crippen molar-refractivity contribution in [3.8, 4) is 0 Å². The Kier molecular flexibility index (Phi) is 2.06. The predicted molar refractivity (Wildman–Crippen MR) is 52.8 cm³/mol. The number of carbonyl (C=O) groups is 1. The Labute approximate surface area is 87.6 Å². The van der Waals surface area contributed by atoms with E-state index in [4.69, 9.17) is 28.3 Å². The van der Waals surface area contributed by atoms with E-state index >= 15 is 0 Å². The molecule has 0 aromatic carbocycles. The van der Waals surface area contributed by atoms with E-state index in [1.165, 1.54) is 11.3 Å². The molecule has 0 radical (unpaired) electrons. The van der Waals surface area contributed by atoms with Crippen molar-refractivity contribution in [3.05, 3.63) is 14.9 Å². The van der Waals surface area contributed by atoms with Gasteiger partial charge in [-0.1, -0.05) is 23.2 Å². The third-order valence-electron chi connectivity index (χ3n) is 1.71. The summed E-state index contributed by atoms with van der Waals surface area (Å²) in [7, 11) is 0. The average Bonchev–Trinajstić information content (AvgIpc) is 2.55. The summed E-state index contributed by atoms with van der Waals surface area (Å²) < 4.78 is 0.472. The van der Waals surface area contributed by atoms with Gasteiger partial charge in [-0.3, -0.25) is 0 Å². The van der Waals surface area contributed by atoms with E-state index in [0.29, 0.717) is 14.4 Å². The summed E-state index contributed by atoms with van der Waals surface area (Å²) in [6.45, 7) is 0. The number of thiophene rings is 1. The summed E-state index contributed by atoms with van der Waals surface area (Å²) in [5, 5.41) is 9.71. The van der Waals surface area contributed by atoms with Crippen molar-refractivity contribution < 1.29 is 9.90 Å². The number of aliphatic carboxylic acids is 1. The minimum absolute atomic E-state index is 0.125. The van der Waals surface area contributed by atoms with Crippen LogP contribution in [0.15, 0.2) is 4.99 Å². The van der Waals surface area contributed by atoms with Gasteiger partial charge in [0.1, 0.15) is 15.0 Å². The number of rotatable bonds is 1. The molecule has 68 valence electrons. The topological polar surface area (TPSA) is 49.7 Å². The Bertz CT molecular complexity index is 424. The molecule has 0 saturated heterocycles. The number of aliphatic imine (C=N–C) groups is 1. The lowest BCUT2D eigenvalue weighted by Crippen LogP contribution is -2.12. The highest BCUT2D eigenvalue weighted by atomic mass is 35.5. The first-order valence-corrected chi connectivity index (χ1v) is 4.94. The average molecular weight is 236 g/mol. The van der Waals surface area contributed by atoms with E-state index in [9.17, 15) is 4.79 Å². The number of hydrogen-bond acceptors (Lipinski definition) is 3. The Morgan fingerprint density at radius 1 is 1.54 bits per heavy atom. The molecule has 13 heavy (non-hydrogen) atoms. The number of fused-ring (bicyclic) bond motifs is 1. The molecule has 0 amide bonds. The number of halogens is 2. The molecule has 1 aromatic rings. The summed E-state index contributed by atoms with van der Waals surface area (Å²) in [5.74, 6) is -1.00. The van der Waals surface area contributed by atoms with Gasteiger partial charge in [0.05, 0.1) is 5.02 Å². The standard InChI is InChI=1S/C7H3Cl2NO2S/c8-4-2-1-3(7(11)12)10-6(2)13-5(4)9/h1H2,(H,11,12). The van der Waals surface area contributed by atoms with Gasteiger partial charge in [-0.15, -0.1) is 11.3 Å². The molecule has 6 heteroatoms. The van der Waals surface area contributed by atoms with Crippen LogP contribution in [0, 0.1) is 0 Å². The first-order chi connectivity index (χ1) is 6.09. The van der Waals surface area contributed by atoms with Crippen LogP contribution in [0.5, 0.6) is 0 Å². The highest BCUT2D eigenvalue weighted by Crippen LogP contribution is 2.45. The number of carboxylic acid groups (broad SMARTS) is 1. The Hall–Kier alpha value is -0.580. The lowest BCUT2D eigenvalue weighted by atomic mass is 10.2. The second-order valence-electron chi connectivity index (χ2n) is 2.51. The third kappa shape index (κ3) is 1.35. The molecule has 0 fully saturated rings. The van der Waals surface area contributed by atoms with E-state index < -0.39 is 5.97 Å². The van der Waals surface area contributed by atoms with Gasteiger partial charge in [-0.2, -0.15) is 0 Å². The summed E-state index contributed by atoms with van der Waals surface area (Å²) >= 11 is 12.8. The fourth-order valence-corrected chi connectivity index (χ4v) is 2.60. The van der Waals surface area contributed by atoms with E-state index in [-0.39, 0.29) is 12.1 Å². The number of nitrogens with zero attached hydrogens (tertiary/aromatic N) is 1. The summed E-state index contributed by atoms with van der Waals surface area (Å²) in [4.78, 5) is 14.5. The van der Waals surface area contributed by atoms with Crippen LogP contribution in [-0.4, -0.2) is 16.8 Å². The zero-order valence-electron chi connectivity index (χ0n) is 6.17. The Morgan fingerprint density at radius 2 is 2.23 bits per heavy atom. The van der Waals surface area contributed by atoms with Crippen LogP contribution in [-0.2, 0) is 11.2 Å². The lowest BCUT2D eigenvalue weighted by molar-refractivity contribution is -0.129. The molecule has 1 aromatic heterocycles. The quantitative estimate of drug-likeness (QED) is 0.814. The molecule has 0 aliphatic carbocycles. The van der Waals surface area contributed by atoms with Crippen LogP contribution in [0.2, 0.25) is 9.36 Å². The summed E-state index contributed by atoms with van der Waals surface area (Å²) in [6.07, 6.45) is 0.271. The fraction of sp³-hybridized carbons (Fsp3) is 0.143. The van der Waals surface area contributed by atoms with Gasteiger partial charge < -0.3 is 5.11 Å². The van der Waals surface area contributed by atoms with Gasteiger partial charge >= 0.3 is 5.97 Å². The van der Waals surface area contributed by atoms with Crippen LogP contribution in [0.3, 0.4) is 0 Å². The first-order valence-electron chi connectivity index (χ1n) is 3.37. The van der Waals surface area contributed by atoms with Crippen molar-refractivity contribution in [2.45, 2.75) is 6.42 Å². The maximum Gasteiger partial charge on any atom is 0.350 e. The molecule has 0 saturated carbocycles. The first kappa shape index (κ1) is 8.99. The van der Waals surface area contributed by atoms with Crippen LogP contribution >= 0.6 is 34.5 Å². The monoisotopic (exact) mass is 235 g/mol. The second-order valence-corrected chi connectivity index (χ2v) is 4.49. The molecular weight excluding hydrogens is 233 g/mol. The second kappa shape index (κ2) is 2.97. The van der Waals surface area contributed by atoms with Crippen molar-refractivity contribution >= 4 is 51.2 Å². The van der Waals surface area contributed by atoms with Crippen LogP contribution in [0.1, 0.15) is 5.56 Å². The molecule has 1 N–H and O–H groups in total. The summed E-state index contributed by atoms with van der Waals surface area (Å²) in [6, 6.07) is 0. The third-order valence-corrected chi connectivity index (χ3v) is 3.67. The van der Waals surface area contributed by atoms with E-state index in [2.05, 4.69) is 4.99 Å². The summed E-state index contributed by atoms with van der Waals surface area (Å²) in [5.41, 5.74) is 0.855.